The Labute approximate surface area is 231 Å². The molecule has 0 bridgehead atoms. The number of aliphatic hydroxyl groups excluding tert-OH is 2. The Morgan fingerprint density at radius 1 is 0.825 bits per heavy atom. The fraction of sp³-hybridized carbons (Fsp3) is 0.667. The molecule has 3 unspecified atom stereocenters. The van der Waals surface area contributed by atoms with Gasteiger partial charge in [0.05, 0.1) is 40.5 Å². The molecule has 1 spiro atoms. The fourth-order valence-corrected chi connectivity index (χ4v) is 7.95. The second-order valence-electron chi connectivity index (χ2n) is 12.0. The van der Waals surface area contributed by atoms with Crippen LogP contribution >= 0.6 is 0 Å². The van der Waals surface area contributed by atoms with Crippen molar-refractivity contribution >= 4 is 0 Å². The zero-order valence-corrected chi connectivity index (χ0v) is 22.3. The number of fused-ring (bicyclic) bond motifs is 5. The van der Waals surface area contributed by atoms with Crippen LogP contribution in [0.5, 0.6) is 0 Å². The molecule has 7 rings (SSSR count). The van der Waals surface area contributed by atoms with Gasteiger partial charge in [-0.15, -0.1) is 0 Å². The number of rotatable bonds is 2. The van der Waals surface area contributed by atoms with Crippen LogP contribution in [-0.2, 0) is 26.0 Å². The van der Waals surface area contributed by atoms with E-state index in [1.807, 2.05) is 0 Å². The molecule has 7 nitrogen and oxygen atoms in total. The molecule has 2 aliphatic carbocycles. The molecule has 3 aliphatic heterocycles. The maximum Gasteiger partial charge on any atom is 0.417 e. The van der Waals surface area contributed by atoms with Crippen LogP contribution in [0.4, 0.5) is 13.2 Å². The van der Waals surface area contributed by atoms with Gasteiger partial charge >= 0.3 is 6.18 Å². The summed E-state index contributed by atoms with van der Waals surface area (Å²) in [4.78, 5) is 9.42. The number of ether oxygens (including phenoxy) is 3. The molecule has 216 valence electrons. The van der Waals surface area contributed by atoms with Gasteiger partial charge in [-0.3, -0.25) is 9.97 Å². The molecule has 2 N–H and O–H groups in total. The lowest BCUT2D eigenvalue weighted by Crippen LogP contribution is -2.40. The summed E-state index contributed by atoms with van der Waals surface area (Å²) in [7, 11) is 0. The van der Waals surface area contributed by atoms with Gasteiger partial charge in [0, 0.05) is 62.5 Å². The highest BCUT2D eigenvalue weighted by Crippen LogP contribution is 2.60. The molecular formula is C30H35F3N2O5. The van der Waals surface area contributed by atoms with Gasteiger partial charge in [-0.05, 0) is 55.2 Å². The van der Waals surface area contributed by atoms with E-state index in [1.54, 1.807) is 0 Å². The normalized spacial score (nSPS) is 32.0. The third-order valence-electron chi connectivity index (χ3n) is 9.95. The van der Waals surface area contributed by atoms with Crippen LogP contribution in [0.15, 0.2) is 18.3 Å². The number of pyridine rings is 2. The minimum atomic E-state index is -4.49. The maximum absolute atomic E-state index is 13.4. The Morgan fingerprint density at radius 3 is 2.15 bits per heavy atom. The Kier molecular flexibility index (Phi) is 6.70. The van der Waals surface area contributed by atoms with Crippen LogP contribution in [0, 0.1) is 11.8 Å². The number of hydrogen-bond acceptors (Lipinski definition) is 7. The van der Waals surface area contributed by atoms with Gasteiger partial charge < -0.3 is 24.4 Å². The van der Waals surface area contributed by atoms with Crippen molar-refractivity contribution in [3.8, 4) is 0 Å². The van der Waals surface area contributed by atoms with Gasteiger partial charge in [0.1, 0.15) is 6.10 Å². The Bertz CT molecular complexity index is 1260. The van der Waals surface area contributed by atoms with Crippen LogP contribution in [-0.4, -0.2) is 46.6 Å². The number of nitrogens with zero attached hydrogens (tertiary/aromatic N) is 2. The standard InChI is InChI=1S/C30H35F3N2O5/c31-30(32,33)17-5-6-20(34-15-17)28-22-23(29(40-28)9-13-39-14-10-29)21-25(35-24(22)16-7-11-38-12-8-16)27(37)19-4-2-1-3-18(19)26(21)36/h5-6,15-16,18-19,26-28,36-37H,1-4,7-14H2/t18?,19?,26?,27-,28-/m1/s1. The van der Waals surface area contributed by atoms with Crippen molar-refractivity contribution in [2.45, 2.75) is 87.4 Å². The summed E-state index contributed by atoms with van der Waals surface area (Å²) >= 11 is 0. The van der Waals surface area contributed by atoms with E-state index in [1.165, 1.54) is 6.07 Å². The zero-order valence-electron chi connectivity index (χ0n) is 22.3. The molecule has 5 atom stereocenters. The van der Waals surface area contributed by atoms with Crippen LogP contribution in [0.25, 0.3) is 0 Å². The van der Waals surface area contributed by atoms with Gasteiger partial charge in [0.2, 0.25) is 0 Å². The van der Waals surface area contributed by atoms with Crippen LogP contribution in [0.1, 0.15) is 115 Å². The summed E-state index contributed by atoms with van der Waals surface area (Å²) in [6.07, 6.45) is 0.316. The lowest BCUT2D eigenvalue weighted by Gasteiger charge is -2.45. The van der Waals surface area contributed by atoms with E-state index >= 15 is 0 Å². The third kappa shape index (κ3) is 4.21. The van der Waals surface area contributed by atoms with Gasteiger partial charge in [0.15, 0.2) is 0 Å². The van der Waals surface area contributed by atoms with Crippen LogP contribution < -0.4 is 0 Å². The molecule has 0 radical (unpaired) electrons. The van der Waals surface area contributed by atoms with Crippen molar-refractivity contribution in [2.75, 3.05) is 26.4 Å². The van der Waals surface area contributed by atoms with E-state index in [0.29, 0.717) is 56.2 Å². The zero-order chi connectivity index (χ0) is 27.6. The number of aliphatic hydroxyl groups is 2. The molecule has 2 aromatic heterocycles. The number of aromatic nitrogens is 2. The molecule has 40 heavy (non-hydrogen) atoms. The second kappa shape index (κ2) is 10.0. The first-order valence-electron chi connectivity index (χ1n) is 14.6. The topological polar surface area (TPSA) is 93.9 Å². The van der Waals surface area contributed by atoms with Crippen molar-refractivity contribution in [2.24, 2.45) is 11.8 Å². The smallest absolute Gasteiger partial charge is 0.388 e. The fourth-order valence-electron chi connectivity index (χ4n) is 7.95. The average Bonchev–Trinajstić information content (AvgIpc) is 3.29. The van der Waals surface area contributed by atoms with Gasteiger partial charge in [-0.25, -0.2) is 0 Å². The molecule has 5 heterocycles. The van der Waals surface area contributed by atoms with E-state index in [4.69, 9.17) is 19.2 Å². The van der Waals surface area contributed by atoms with Crippen molar-refractivity contribution < 1.29 is 37.6 Å². The second-order valence-corrected chi connectivity index (χ2v) is 12.0. The van der Waals surface area contributed by atoms with Gasteiger partial charge in [-0.1, -0.05) is 12.8 Å². The molecule has 2 saturated heterocycles. The molecular weight excluding hydrogens is 525 g/mol. The number of halogens is 3. The Balaban J connectivity index is 1.46. The van der Waals surface area contributed by atoms with E-state index in [-0.39, 0.29) is 17.8 Å². The summed E-state index contributed by atoms with van der Waals surface area (Å²) < 4.78 is 58.4. The summed E-state index contributed by atoms with van der Waals surface area (Å²) in [5.41, 5.74) is 2.44. The highest BCUT2D eigenvalue weighted by Gasteiger charge is 2.55. The molecule has 10 heteroatoms. The monoisotopic (exact) mass is 560 g/mol. The highest BCUT2D eigenvalue weighted by atomic mass is 19.4. The minimum absolute atomic E-state index is 0.0387. The largest absolute Gasteiger partial charge is 0.417 e. The molecule has 1 saturated carbocycles. The minimum Gasteiger partial charge on any atom is -0.388 e. The molecule has 3 fully saturated rings. The molecule has 5 aliphatic rings. The van der Waals surface area contributed by atoms with Crippen LogP contribution in [0.2, 0.25) is 0 Å². The Hall–Kier alpha value is -2.11. The van der Waals surface area contributed by atoms with Crippen molar-refractivity contribution in [1.82, 2.24) is 9.97 Å². The summed E-state index contributed by atoms with van der Waals surface area (Å²) in [5.74, 6) is -0.0855. The van der Waals surface area contributed by atoms with E-state index < -0.39 is 35.7 Å². The summed E-state index contributed by atoms with van der Waals surface area (Å²) in [6, 6.07) is 2.44. The van der Waals surface area contributed by atoms with E-state index in [2.05, 4.69) is 4.98 Å². The summed E-state index contributed by atoms with van der Waals surface area (Å²) in [6.45, 7) is 2.08. The van der Waals surface area contributed by atoms with Crippen LogP contribution in [0.3, 0.4) is 0 Å². The third-order valence-corrected chi connectivity index (χ3v) is 9.95. The Morgan fingerprint density at radius 2 is 1.50 bits per heavy atom. The van der Waals surface area contributed by atoms with E-state index in [0.717, 1.165) is 67.6 Å². The maximum atomic E-state index is 13.4. The molecule has 0 amide bonds. The van der Waals surface area contributed by atoms with E-state index in [9.17, 15) is 23.4 Å². The highest BCUT2D eigenvalue weighted by molar-refractivity contribution is 5.54. The summed E-state index contributed by atoms with van der Waals surface area (Å²) in [5, 5.41) is 23.7. The van der Waals surface area contributed by atoms with Crippen molar-refractivity contribution in [3.05, 3.63) is 57.7 Å². The SMILES string of the molecule is OC1c2c(nc(C3CCOCC3)c3c2C2(CCOCC2)O[C@@H]3c2ccc(C(F)(F)F)cn2)[C@H](O)C2CCCCC12. The lowest BCUT2D eigenvalue weighted by molar-refractivity contribution is -0.138. The average molecular weight is 561 g/mol. The first-order chi connectivity index (χ1) is 19.3. The van der Waals surface area contributed by atoms with Gasteiger partial charge in [0.25, 0.3) is 0 Å². The quantitative estimate of drug-likeness (QED) is 0.508. The van der Waals surface area contributed by atoms with Gasteiger partial charge in [-0.2, -0.15) is 13.2 Å². The van der Waals surface area contributed by atoms with Crippen molar-refractivity contribution in [3.63, 3.8) is 0 Å². The first-order valence-corrected chi connectivity index (χ1v) is 14.6. The first kappa shape index (κ1) is 26.8. The number of hydrogen-bond donors (Lipinski definition) is 2. The van der Waals surface area contributed by atoms with Crippen molar-refractivity contribution in [1.29, 1.82) is 0 Å². The predicted molar refractivity (Wildman–Crippen MR) is 136 cm³/mol. The molecule has 2 aromatic rings. The molecule has 0 aromatic carbocycles. The lowest BCUT2D eigenvalue weighted by atomic mass is 9.64. The predicted octanol–water partition coefficient (Wildman–Crippen LogP) is 5.40. The number of alkyl halides is 3.